The van der Waals surface area contributed by atoms with Gasteiger partial charge in [0.15, 0.2) is 6.61 Å². The van der Waals surface area contributed by atoms with Crippen LogP contribution in [0.25, 0.3) is 22.4 Å². The Kier molecular flexibility index (Phi) is 3.55. The number of methoxy groups -OCH3 is 1. The lowest BCUT2D eigenvalue weighted by Gasteiger charge is -2.05. The van der Waals surface area contributed by atoms with Crippen molar-refractivity contribution in [2.24, 2.45) is 0 Å². The SMILES string of the molecule is COC(=O)COc1cccc(-c2nc3ccccc3[nH]2)c1. The zero-order valence-electron chi connectivity index (χ0n) is 11.5. The van der Waals surface area contributed by atoms with Crippen LogP contribution in [-0.4, -0.2) is 29.7 Å². The highest BCUT2D eigenvalue weighted by Crippen LogP contribution is 2.24. The molecule has 0 amide bonds. The van der Waals surface area contributed by atoms with Crippen LogP contribution in [0.2, 0.25) is 0 Å². The number of benzene rings is 2. The molecule has 0 saturated heterocycles. The van der Waals surface area contributed by atoms with Crippen molar-refractivity contribution >= 4 is 17.0 Å². The maximum absolute atomic E-state index is 11.1. The lowest BCUT2D eigenvalue weighted by molar-refractivity contribution is -0.142. The molecule has 1 N–H and O–H groups in total. The van der Waals surface area contributed by atoms with Crippen LogP contribution in [-0.2, 0) is 9.53 Å². The maximum atomic E-state index is 11.1. The van der Waals surface area contributed by atoms with Crippen LogP contribution in [0.15, 0.2) is 48.5 Å². The number of para-hydroxylation sites is 2. The van der Waals surface area contributed by atoms with E-state index >= 15 is 0 Å². The molecule has 5 nitrogen and oxygen atoms in total. The Labute approximate surface area is 121 Å². The molecule has 2 aromatic carbocycles. The molecule has 1 heterocycles. The van der Waals surface area contributed by atoms with E-state index in [4.69, 9.17) is 4.74 Å². The minimum absolute atomic E-state index is 0.111. The standard InChI is InChI=1S/C16H14N2O3/c1-20-15(19)10-21-12-6-4-5-11(9-12)16-17-13-7-2-3-8-14(13)18-16/h2-9H,10H2,1H3,(H,17,18). The van der Waals surface area contributed by atoms with Crippen molar-refractivity contribution in [3.05, 3.63) is 48.5 Å². The summed E-state index contributed by atoms with van der Waals surface area (Å²) in [6.45, 7) is -0.111. The zero-order chi connectivity index (χ0) is 14.7. The molecule has 0 aliphatic rings. The lowest BCUT2D eigenvalue weighted by atomic mass is 10.2. The zero-order valence-corrected chi connectivity index (χ0v) is 11.5. The first-order chi connectivity index (χ1) is 10.3. The summed E-state index contributed by atoms with van der Waals surface area (Å²) in [7, 11) is 1.33. The van der Waals surface area contributed by atoms with Crippen molar-refractivity contribution < 1.29 is 14.3 Å². The van der Waals surface area contributed by atoms with Crippen LogP contribution in [0.5, 0.6) is 5.75 Å². The summed E-state index contributed by atoms with van der Waals surface area (Å²) in [6, 6.07) is 15.2. The van der Waals surface area contributed by atoms with Gasteiger partial charge in [0, 0.05) is 5.56 Å². The molecule has 3 rings (SSSR count). The number of aromatic nitrogens is 2. The first-order valence-electron chi connectivity index (χ1n) is 6.51. The van der Waals surface area contributed by atoms with Gasteiger partial charge in [-0.3, -0.25) is 0 Å². The predicted octanol–water partition coefficient (Wildman–Crippen LogP) is 2.78. The predicted molar refractivity (Wildman–Crippen MR) is 79.0 cm³/mol. The number of esters is 1. The molecule has 1 aromatic heterocycles. The smallest absolute Gasteiger partial charge is 0.343 e. The van der Waals surface area contributed by atoms with E-state index in [0.29, 0.717) is 5.75 Å². The van der Waals surface area contributed by atoms with Gasteiger partial charge >= 0.3 is 5.97 Å². The number of fused-ring (bicyclic) bond motifs is 1. The minimum atomic E-state index is -0.413. The summed E-state index contributed by atoms with van der Waals surface area (Å²) in [6.07, 6.45) is 0. The van der Waals surface area contributed by atoms with Crippen molar-refractivity contribution in [1.82, 2.24) is 9.97 Å². The van der Waals surface area contributed by atoms with Gasteiger partial charge in [-0.25, -0.2) is 9.78 Å². The molecule has 0 bridgehead atoms. The monoisotopic (exact) mass is 282 g/mol. The van der Waals surface area contributed by atoms with E-state index in [1.165, 1.54) is 7.11 Å². The molecule has 0 atom stereocenters. The van der Waals surface area contributed by atoms with Gasteiger partial charge in [-0.05, 0) is 24.3 Å². The van der Waals surface area contributed by atoms with Gasteiger partial charge in [0.05, 0.1) is 18.1 Å². The highest BCUT2D eigenvalue weighted by molar-refractivity contribution is 5.79. The van der Waals surface area contributed by atoms with Crippen molar-refractivity contribution in [1.29, 1.82) is 0 Å². The third-order valence-corrected chi connectivity index (χ3v) is 3.08. The van der Waals surface area contributed by atoms with E-state index in [9.17, 15) is 4.79 Å². The molecule has 0 radical (unpaired) electrons. The number of H-pyrrole nitrogens is 1. The Morgan fingerprint density at radius 3 is 2.86 bits per heavy atom. The second kappa shape index (κ2) is 5.66. The van der Waals surface area contributed by atoms with Crippen molar-refractivity contribution in [2.75, 3.05) is 13.7 Å². The number of ether oxygens (including phenoxy) is 2. The quantitative estimate of drug-likeness (QED) is 0.747. The van der Waals surface area contributed by atoms with E-state index < -0.39 is 5.97 Å². The van der Waals surface area contributed by atoms with E-state index in [1.54, 1.807) is 6.07 Å². The van der Waals surface area contributed by atoms with Gasteiger partial charge in [0.2, 0.25) is 0 Å². The molecular formula is C16H14N2O3. The number of carbonyl (C=O) groups is 1. The highest BCUT2D eigenvalue weighted by atomic mass is 16.6. The first kappa shape index (κ1) is 13.2. The maximum Gasteiger partial charge on any atom is 0.343 e. The molecule has 106 valence electrons. The second-order valence-electron chi connectivity index (χ2n) is 4.50. The second-order valence-corrected chi connectivity index (χ2v) is 4.50. The summed E-state index contributed by atoms with van der Waals surface area (Å²) >= 11 is 0. The third-order valence-electron chi connectivity index (χ3n) is 3.08. The topological polar surface area (TPSA) is 64.2 Å². The van der Waals surface area contributed by atoms with Crippen LogP contribution in [0.1, 0.15) is 0 Å². The Balaban J connectivity index is 1.86. The largest absolute Gasteiger partial charge is 0.482 e. The third kappa shape index (κ3) is 2.86. The van der Waals surface area contributed by atoms with Crippen LogP contribution < -0.4 is 4.74 Å². The summed E-state index contributed by atoms with van der Waals surface area (Å²) in [5, 5.41) is 0. The lowest BCUT2D eigenvalue weighted by Crippen LogP contribution is -2.12. The fraction of sp³-hybridized carbons (Fsp3) is 0.125. The number of carbonyl (C=O) groups excluding carboxylic acids is 1. The molecule has 5 heteroatoms. The number of nitrogens with zero attached hydrogens (tertiary/aromatic N) is 1. The number of rotatable bonds is 4. The molecule has 3 aromatic rings. The highest BCUT2D eigenvalue weighted by Gasteiger charge is 2.07. The van der Waals surface area contributed by atoms with Crippen LogP contribution >= 0.6 is 0 Å². The van der Waals surface area contributed by atoms with Gasteiger partial charge in [0.25, 0.3) is 0 Å². The Morgan fingerprint density at radius 1 is 1.19 bits per heavy atom. The van der Waals surface area contributed by atoms with E-state index in [-0.39, 0.29) is 6.61 Å². The van der Waals surface area contributed by atoms with Crippen LogP contribution in [0, 0.1) is 0 Å². The Morgan fingerprint density at radius 2 is 2.05 bits per heavy atom. The van der Waals surface area contributed by atoms with Gasteiger partial charge in [0.1, 0.15) is 11.6 Å². The number of hydrogen-bond acceptors (Lipinski definition) is 4. The van der Waals surface area contributed by atoms with E-state index in [1.807, 2.05) is 42.5 Å². The van der Waals surface area contributed by atoms with Crippen LogP contribution in [0.3, 0.4) is 0 Å². The molecule has 0 spiro atoms. The summed E-state index contributed by atoms with van der Waals surface area (Å²) in [5.74, 6) is 0.946. The molecule has 0 fully saturated rings. The van der Waals surface area contributed by atoms with Crippen molar-refractivity contribution in [2.45, 2.75) is 0 Å². The van der Waals surface area contributed by atoms with Crippen LogP contribution in [0.4, 0.5) is 0 Å². The number of imidazole rings is 1. The van der Waals surface area contributed by atoms with Gasteiger partial charge in [-0.15, -0.1) is 0 Å². The molecule has 0 unspecified atom stereocenters. The fourth-order valence-electron chi connectivity index (χ4n) is 2.02. The van der Waals surface area contributed by atoms with Crippen molar-refractivity contribution in [3.8, 4) is 17.1 Å². The molecule has 0 saturated carbocycles. The van der Waals surface area contributed by atoms with Gasteiger partial charge in [-0.1, -0.05) is 24.3 Å². The summed E-state index contributed by atoms with van der Waals surface area (Å²) in [5.41, 5.74) is 2.79. The molecular weight excluding hydrogens is 268 g/mol. The van der Waals surface area contributed by atoms with Gasteiger partial charge < -0.3 is 14.5 Å². The Hall–Kier alpha value is -2.82. The minimum Gasteiger partial charge on any atom is -0.482 e. The molecule has 21 heavy (non-hydrogen) atoms. The normalized spacial score (nSPS) is 10.5. The molecule has 0 aliphatic heterocycles. The molecule has 0 aliphatic carbocycles. The average Bonchev–Trinajstić information content (AvgIpc) is 2.97. The Bertz CT molecular complexity index is 747. The number of nitrogens with one attached hydrogen (secondary N) is 1. The first-order valence-corrected chi connectivity index (χ1v) is 6.51. The van der Waals surface area contributed by atoms with Crippen molar-refractivity contribution in [3.63, 3.8) is 0 Å². The number of hydrogen-bond donors (Lipinski definition) is 1. The van der Waals surface area contributed by atoms with E-state index in [2.05, 4.69) is 14.7 Å². The summed E-state index contributed by atoms with van der Waals surface area (Å²) < 4.78 is 9.92. The summed E-state index contributed by atoms with van der Waals surface area (Å²) in [4.78, 5) is 18.9. The van der Waals surface area contributed by atoms with Gasteiger partial charge in [-0.2, -0.15) is 0 Å². The number of aromatic amines is 1. The van der Waals surface area contributed by atoms with E-state index in [0.717, 1.165) is 22.4 Å². The fourth-order valence-corrected chi connectivity index (χ4v) is 2.02. The average molecular weight is 282 g/mol.